The summed E-state index contributed by atoms with van der Waals surface area (Å²) in [7, 11) is 0. The first kappa shape index (κ1) is 21.4. The highest BCUT2D eigenvalue weighted by Crippen LogP contribution is 2.32. The highest BCUT2D eigenvalue weighted by molar-refractivity contribution is 5.37. The third kappa shape index (κ3) is 6.34. The molecule has 1 aromatic carbocycles. The minimum atomic E-state index is -0.939. The van der Waals surface area contributed by atoms with Crippen molar-refractivity contribution in [1.29, 1.82) is 0 Å². The predicted molar refractivity (Wildman–Crippen MR) is 117 cm³/mol. The van der Waals surface area contributed by atoms with Crippen LogP contribution >= 0.6 is 0 Å². The Bertz CT molecular complexity index is 677. The number of hydrogen-bond donors (Lipinski definition) is 1. The van der Waals surface area contributed by atoms with Crippen molar-refractivity contribution in [3.8, 4) is 11.8 Å². The summed E-state index contributed by atoms with van der Waals surface area (Å²) in [6.45, 7) is 14.2. The topological polar surface area (TPSA) is 26.7 Å². The standard InChI is InChI=1S/C25H38N2O/c1-20(2)12-16-26-17-13-24-23(19-26)6-5-15-27(24)18-22-9-7-21(8-10-22)11-14-25(3,4)28/h7-10,20,23-24,28H,5-6,12-13,15-19H2,1-4H3/t23-,24-/m1/s1. The van der Waals surface area contributed by atoms with Gasteiger partial charge in [0.2, 0.25) is 0 Å². The van der Waals surface area contributed by atoms with E-state index in [4.69, 9.17) is 0 Å². The van der Waals surface area contributed by atoms with Crippen molar-refractivity contribution >= 4 is 0 Å². The molecule has 2 heterocycles. The Kier molecular flexibility index (Phi) is 7.20. The van der Waals surface area contributed by atoms with Gasteiger partial charge in [-0.3, -0.25) is 4.90 Å². The van der Waals surface area contributed by atoms with E-state index in [1.165, 1.54) is 57.4 Å². The van der Waals surface area contributed by atoms with Gasteiger partial charge in [0.15, 0.2) is 0 Å². The van der Waals surface area contributed by atoms with Crippen LogP contribution in [0.3, 0.4) is 0 Å². The largest absolute Gasteiger partial charge is 0.378 e. The smallest absolute Gasteiger partial charge is 0.120 e. The van der Waals surface area contributed by atoms with Crippen LogP contribution in [0.1, 0.15) is 64.5 Å². The third-order valence-electron chi connectivity index (χ3n) is 6.14. The summed E-state index contributed by atoms with van der Waals surface area (Å²) in [5.74, 6) is 7.60. The molecule has 2 atom stereocenters. The van der Waals surface area contributed by atoms with E-state index in [1.807, 2.05) is 0 Å². The van der Waals surface area contributed by atoms with Crippen LogP contribution in [0.15, 0.2) is 24.3 Å². The number of benzene rings is 1. The maximum absolute atomic E-state index is 9.76. The van der Waals surface area contributed by atoms with Crippen molar-refractivity contribution in [2.75, 3.05) is 26.2 Å². The minimum Gasteiger partial charge on any atom is -0.378 e. The second kappa shape index (κ2) is 9.44. The van der Waals surface area contributed by atoms with Gasteiger partial charge in [0.25, 0.3) is 0 Å². The van der Waals surface area contributed by atoms with Crippen LogP contribution in [0.5, 0.6) is 0 Å². The first-order valence-electron chi connectivity index (χ1n) is 11.1. The summed E-state index contributed by atoms with van der Waals surface area (Å²) in [5, 5.41) is 9.76. The molecule has 2 fully saturated rings. The molecule has 3 nitrogen and oxygen atoms in total. The van der Waals surface area contributed by atoms with Gasteiger partial charge in [0, 0.05) is 24.7 Å². The molecule has 0 bridgehead atoms. The van der Waals surface area contributed by atoms with Crippen LogP contribution in [0.25, 0.3) is 0 Å². The molecule has 2 saturated heterocycles. The SMILES string of the molecule is CC(C)CCN1CC[C@@H]2[C@H](CCCN2Cc2ccc(C#CC(C)(C)O)cc2)C1. The van der Waals surface area contributed by atoms with Gasteiger partial charge in [0.1, 0.15) is 5.60 Å². The van der Waals surface area contributed by atoms with E-state index >= 15 is 0 Å². The Morgan fingerprint density at radius 2 is 1.89 bits per heavy atom. The number of nitrogens with zero attached hydrogens (tertiary/aromatic N) is 2. The Hall–Kier alpha value is -1.34. The zero-order valence-electron chi connectivity index (χ0n) is 18.2. The fraction of sp³-hybridized carbons (Fsp3) is 0.680. The lowest BCUT2D eigenvalue weighted by Gasteiger charge is -2.47. The number of rotatable bonds is 5. The van der Waals surface area contributed by atoms with E-state index in [-0.39, 0.29) is 0 Å². The number of likely N-dealkylation sites (tertiary alicyclic amines) is 2. The molecule has 154 valence electrons. The van der Waals surface area contributed by atoms with Crippen LogP contribution in [0.4, 0.5) is 0 Å². The molecule has 28 heavy (non-hydrogen) atoms. The molecule has 0 saturated carbocycles. The van der Waals surface area contributed by atoms with E-state index < -0.39 is 5.60 Å². The zero-order valence-corrected chi connectivity index (χ0v) is 18.2. The van der Waals surface area contributed by atoms with Crippen molar-refractivity contribution in [1.82, 2.24) is 9.80 Å². The lowest BCUT2D eigenvalue weighted by molar-refractivity contribution is 0.0170. The van der Waals surface area contributed by atoms with Crippen molar-refractivity contribution in [3.63, 3.8) is 0 Å². The molecule has 0 aliphatic carbocycles. The molecule has 0 amide bonds. The average molecular weight is 383 g/mol. The van der Waals surface area contributed by atoms with Crippen molar-refractivity contribution < 1.29 is 5.11 Å². The molecule has 2 aliphatic heterocycles. The van der Waals surface area contributed by atoms with Gasteiger partial charge in [-0.05, 0) is 88.7 Å². The summed E-state index contributed by atoms with van der Waals surface area (Å²) in [6, 6.07) is 9.33. The fourth-order valence-corrected chi connectivity index (χ4v) is 4.58. The van der Waals surface area contributed by atoms with Crippen LogP contribution in [0.2, 0.25) is 0 Å². The van der Waals surface area contributed by atoms with Crippen molar-refractivity contribution in [3.05, 3.63) is 35.4 Å². The van der Waals surface area contributed by atoms with Gasteiger partial charge in [-0.25, -0.2) is 0 Å². The van der Waals surface area contributed by atoms with Crippen molar-refractivity contribution in [2.24, 2.45) is 11.8 Å². The van der Waals surface area contributed by atoms with E-state index in [0.717, 1.165) is 30.0 Å². The van der Waals surface area contributed by atoms with Crippen LogP contribution < -0.4 is 0 Å². The van der Waals surface area contributed by atoms with E-state index in [0.29, 0.717) is 0 Å². The van der Waals surface area contributed by atoms with Gasteiger partial charge in [-0.1, -0.05) is 37.8 Å². The quantitative estimate of drug-likeness (QED) is 0.775. The Labute approximate surface area is 172 Å². The lowest BCUT2D eigenvalue weighted by atomic mass is 9.83. The van der Waals surface area contributed by atoms with Gasteiger partial charge in [-0.15, -0.1) is 0 Å². The molecule has 0 spiro atoms. The highest BCUT2D eigenvalue weighted by Gasteiger charge is 2.35. The van der Waals surface area contributed by atoms with E-state index in [2.05, 4.69) is 59.8 Å². The minimum absolute atomic E-state index is 0.749. The maximum Gasteiger partial charge on any atom is 0.120 e. The summed E-state index contributed by atoms with van der Waals surface area (Å²) >= 11 is 0. The lowest BCUT2D eigenvalue weighted by Crippen LogP contribution is -2.53. The number of hydrogen-bond acceptors (Lipinski definition) is 3. The monoisotopic (exact) mass is 382 g/mol. The second-order valence-corrected chi connectivity index (χ2v) is 9.72. The molecule has 0 unspecified atom stereocenters. The molecular formula is C25H38N2O. The third-order valence-corrected chi connectivity index (χ3v) is 6.14. The number of aliphatic hydroxyl groups is 1. The average Bonchev–Trinajstić information content (AvgIpc) is 2.65. The normalized spacial score (nSPS) is 23.9. The highest BCUT2D eigenvalue weighted by atomic mass is 16.3. The molecule has 0 radical (unpaired) electrons. The molecule has 1 N–H and O–H groups in total. The fourth-order valence-electron chi connectivity index (χ4n) is 4.58. The van der Waals surface area contributed by atoms with Gasteiger partial charge < -0.3 is 10.0 Å². The van der Waals surface area contributed by atoms with Gasteiger partial charge in [-0.2, -0.15) is 0 Å². The molecule has 0 aromatic heterocycles. The maximum atomic E-state index is 9.76. The first-order valence-corrected chi connectivity index (χ1v) is 11.1. The number of piperidine rings is 2. The van der Waals surface area contributed by atoms with Gasteiger partial charge >= 0.3 is 0 Å². The molecule has 2 aliphatic rings. The second-order valence-electron chi connectivity index (χ2n) is 9.72. The van der Waals surface area contributed by atoms with E-state index in [9.17, 15) is 5.11 Å². The Morgan fingerprint density at radius 3 is 2.57 bits per heavy atom. The molecular weight excluding hydrogens is 344 g/mol. The summed E-state index contributed by atoms with van der Waals surface area (Å²) in [4.78, 5) is 5.44. The number of fused-ring (bicyclic) bond motifs is 1. The van der Waals surface area contributed by atoms with Crippen LogP contribution in [-0.2, 0) is 6.54 Å². The summed E-state index contributed by atoms with van der Waals surface area (Å²) < 4.78 is 0. The van der Waals surface area contributed by atoms with Crippen LogP contribution in [0, 0.1) is 23.7 Å². The predicted octanol–water partition coefficient (Wildman–Crippen LogP) is 4.14. The Morgan fingerprint density at radius 1 is 1.14 bits per heavy atom. The molecule has 3 rings (SSSR count). The van der Waals surface area contributed by atoms with Crippen LogP contribution in [-0.4, -0.2) is 52.7 Å². The van der Waals surface area contributed by atoms with Gasteiger partial charge in [0.05, 0.1) is 0 Å². The molecule has 1 aromatic rings. The summed E-state index contributed by atoms with van der Waals surface area (Å²) in [6.07, 6.45) is 5.36. The summed E-state index contributed by atoms with van der Waals surface area (Å²) in [5.41, 5.74) is 1.41. The zero-order chi connectivity index (χ0) is 20.1. The first-order chi connectivity index (χ1) is 13.3. The molecule has 3 heteroatoms. The van der Waals surface area contributed by atoms with Crippen molar-refractivity contribution in [2.45, 2.75) is 71.6 Å². The van der Waals surface area contributed by atoms with E-state index in [1.54, 1.807) is 13.8 Å². The Balaban J connectivity index is 1.56.